The molecule has 0 aromatic heterocycles. The van der Waals surface area contributed by atoms with Crippen LogP contribution in [0, 0.1) is 0 Å². The maximum absolute atomic E-state index is 12.8. The maximum atomic E-state index is 12.8. The summed E-state index contributed by atoms with van der Waals surface area (Å²) in [6.45, 7) is 6.34. The number of rotatable bonds is 46. The van der Waals surface area contributed by atoms with Gasteiger partial charge >= 0.3 is 17.9 Å². The summed E-state index contributed by atoms with van der Waals surface area (Å²) in [5.74, 6) is -0.950. The van der Waals surface area contributed by atoms with Crippen molar-refractivity contribution in [2.75, 3.05) is 13.2 Å². The van der Waals surface area contributed by atoms with Crippen molar-refractivity contribution in [1.29, 1.82) is 0 Å². The molecule has 6 nitrogen and oxygen atoms in total. The fourth-order valence-corrected chi connectivity index (χ4v) is 6.87. The summed E-state index contributed by atoms with van der Waals surface area (Å²) in [5, 5.41) is 0. The number of hydrogen-bond acceptors (Lipinski definition) is 6. The normalized spacial score (nSPS) is 13.0. The molecule has 0 heterocycles. The zero-order valence-corrected chi connectivity index (χ0v) is 42.0. The van der Waals surface area contributed by atoms with E-state index in [-0.39, 0.29) is 31.1 Å². The van der Waals surface area contributed by atoms with Crippen molar-refractivity contribution in [3.05, 3.63) is 109 Å². The van der Waals surface area contributed by atoms with E-state index in [4.69, 9.17) is 14.2 Å². The van der Waals surface area contributed by atoms with E-state index in [9.17, 15) is 14.4 Å². The van der Waals surface area contributed by atoms with E-state index in [1.54, 1.807) is 0 Å². The number of hydrogen-bond donors (Lipinski definition) is 0. The van der Waals surface area contributed by atoms with Crippen molar-refractivity contribution >= 4 is 17.9 Å². The zero-order chi connectivity index (χ0) is 47.2. The van der Waals surface area contributed by atoms with E-state index in [0.29, 0.717) is 19.3 Å². The average Bonchev–Trinajstić information content (AvgIpc) is 3.30. The van der Waals surface area contributed by atoms with E-state index >= 15 is 0 Å². The van der Waals surface area contributed by atoms with Crippen molar-refractivity contribution < 1.29 is 28.6 Å². The zero-order valence-electron chi connectivity index (χ0n) is 42.0. The molecule has 0 aliphatic carbocycles. The molecule has 65 heavy (non-hydrogen) atoms. The molecular weight excluding hydrogens is 805 g/mol. The summed E-state index contributed by atoms with van der Waals surface area (Å²) in [7, 11) is 0. The van der Waals surface area contributed by atoms with E-state index in [1.165, 1.54) is 51.4 Å². The maximum Gasteiger partial charge on any atom is 0.306 e. The minimum absolute atomic E-state index is 0.0954. The summed E-state index contributed by atoms with van der Waals surface area (Å²) in [6, 6.07) is 0. The van der Waals surface area contributed by atoms with Gasteiger partial charge in [0, 0.05) is 19.3 Å². The highest BCUT2D eigenvalue weighted by Gasteiger charge is 2.19. The predicted octanol–water partition coefficient (Wildman–Crippen LogP) is 17.5. The minimum Gasteiger partial charge on any atom is -0.462 e. The van der Waals surface area contributed by atoms with Gasteiger partial charge in [0.25, 0.3) is 0 Å². The first-order valence-corrected chi connectivity index (χ1v) is 26.4. The Kier molecular flexibility index (Phi) is 49.5. The molecule has 0 radical (unpaired) electrons. The van der Waals surface area contributed by atoms with Crippen LogP contribution in [0.4, 0.5) is 0 Å². The Bertz CT molecular complexity index is 1360. The molecule has 0 aliphatic rings. The SMILES string of the molecule is CC/C=C\C/C=C\C/C=C\C/C=C\C/C=C\CCCCCC(=O)OCC(COC(=O)CCCCCCCCCCC)OC(=O)CCCCCCCC/C=C\C/C=C\C/C=C\C/C=C\CC. The molecule has 0 saturated carbocycles. The summed E-state index contributed by atoms with van der Waals surface area (Å²) < 4.78 is 16.7. The third-order valence-electron chi connectivity index (χ3n) is 10.8. The molecule has 1 unspecified atom stereocenters. The minimum atomic E-state index is -0.799. The van der Waals surface area contributed by atoms with Gasteiger partial charge in [-0.15, -0.1) is 0 Å². The highest BCUT2D eigenvalue weighted by molar-refractivity contribution is 5.71. The van der Waals surface area contributed by atoms with Crippen molar-refractivity contribution in [2.45, 2.75) is 232 Å². The fourth-order valence-electron chi connectivity index (χ4n) is 6.87. The highest BCUT2D eigenvalue weighted by atomic mass is 16.6. The number of carbonyl (C=O) groups is 3. The van der Waals surface area contributed by atoms with Crippen LogP contribution in [-0.4, -0.2) is 37.2 Å². The summed E-state index contributed by atoms with van der Waals surface area (Å²) in [5.41, 5.74) is 0. The van der Waals surface area contributed by atoms with Gasteiger partial charge in [0.1, 0.15) is 13.2 Å². The number of unbranched alkanes of at least 4 members (excludes halogenated alkanes) is 17. The lowest BCUT2D eigenvalue weighted by atomic mass is 10.1. The second-order valence-corrected chi connectivity index (χ2v) is 17.0. The second kappa shape index (κ2) is 52.7. The molecular formula is C59H96O6. The van der Waals surface area contributed by atoms with Crippen molar-refractivity contribution in [1.82, 2.24) is 0 Å². The molecule has 0 aromatic carbocycles. The smallest absolute Gasteiger partial charge is 0.306 e. The van der Waals surface area contributed by atoms with Crippen LogP contribution in [0.15, 0.2) is 109 Å². The largest absolute Gasteiger partial charge is 0.462 e. The van der Waals surface area contributed by atoms with Crippen LogP contribution in [0.1, 0.15) is 226 Å². The van der Waals surface area contributed by atoms with Gasteiger partial charge in [0.05, 0.1) is 0 Å². The van der Waals surface area contributed by atoms with E-state index < -0.39 is 6.10 Å². The predicted molar refractivity (Wildman–Crippen MR) is 279 cm³/mol. The first kappa shape index (κ1) is 61.1. The molecule has 0 amide bonds. The van der Waals surface area contributed by atoms with Gasteiger partial charge in [-0.1, -0.05) is 214 Å². The first-order valence-electron chi connectivity index (χ1n) is 26.4. The van der Waals surface area contributed by atoms with Crippen LogP contribution < -0.4 is 0 Å². The van der Waals surface area contributed by atoms with E-state index in [1.807, 2.05) is 0 Å². The molecule has 0 saturated heterocycles. The summed E-state index contributed by atoms with van der Waals surface area (Å²) in [4.78, 5) is 38.0. The van der Waals surface area contributed by atoms with Gasteiger partial charge in [-0.05, 0) is 103 Å². The van der Waals surface area contributed by atoms with Crippen LogP contribution in [0.5, 0.6) is 0 Å². The lowest BCUT2D eigenvalue weighted by Crippen LogP contribution is -2.30. The van der Waals surface area contributed by atoms with E-state index in [0.717, 1.165) is 135 Å². The van der Waals surface area contributed by atoms with Crippen LogP contribution in [-0.2, 0) is 28.6 Å². The van der Waals surface area contributed by atoms with Crippen LogP contribution >= 0.6 is 0 Å². The number of allylic oxidation sites excluding steroid dienone is 18. The number of esters is 3. The Morgan fingerprint density at radius 3 is 0.954 bits per heavy atom. The number of ether oxygens (including phenoxy) is 3. The van der Waals surface area contributed by atoms with Gasteiger partial charge < -0.3 is 14.2 Å². The van der Waals surface area contributed by atoms with Crippen LogP contribution in [0.3, 0.4) is 0 Å². The molecule has 1 atom stereocenters. The molecule has 0 aliphatic heterocycles. The van der Waals surface area contributed by atoms with Crippen molar-refractivity contribution in [3.63, 3.8) is 0 Å². The Balaban J connectivity index is 4.42. The van der Waals surface area contributed by atoms with Crippen molar-refractivity contribution in [2.24, 2.45) is 0 Å². The summed E-state index contributed by atoms with van der Waals surface area (Å²) in [6.07, 6.45) is 70.7. The second-order valence-electron chi connectivity index (χ2n) is 17.0. The lowest BCUT2D eigenvalue weighted by molar-refractivity contribution is -0.167. The summed E-state index contributed by atoms with van der Waals surface area (Å²) >= 11 is 0. The van der Waals surface area contributed by atoms with Gasteiger partial charge in [-0.25, -0.2) is 0 Å². The van der Waals surface area contributed by atoms with Gasteiger partial charge in [-0.2, -0.15) is 0 Å². The molecule has 0 bridgehead atoms. The third-order valence-corrected chi connectivity index (χ3v) is 10.8. The Labute approximate surface area is 400 Å². The highest BCUT2D eigenvalue weighted by Crippen LogP contribution is 2.13. The molecule has 0 fully saturated rings. The standard InChI is InChI=1S/C59H96O6/c1-4-7-10-13-16-19-21-23-25-27-29-31-33-35-37-40-43-46-49-52-58(61)64-55-56(54-63-57(60)51-48-45-42-39-18-15-12-9-6-3)65-59(62)53-50-47-44-41-38-36-34-32-30-28-26-24-22-20-17-14-11-8-5-2/h7-8,10-11,16-17,19-20,23-26,29-32,35,37,56H,4-6,9,12-15,18,21-22,27-28,33-34,36,38-55H2,1-3H3/b10-7-,11-8-,19-16-,20-17-,25-23-,26-24-,31-29-,32-30-,37-35-. The lowest BCUT2D eigenvalue weighted by Gasteiger charge is -2.18. The molecule has 0 rings (SSSR count). The molecule has 368 valence electrons. The monoisotopic (exact) mass is 901 g/mol. The van der Waals surface area contributed by atoms with Crippen LogP contribution in [0.2, 0.25) is 0 Å². The fraction of sp³-hybridized carbons (Fsp3) is 0.644. The Morgan fingerprint density at radius 2 is 0.600 bits per heavy atom. The van der Waals surface area contributed by atoms with Crippen molar-refractivity contribution in [3.8, 4) is 0 Å². The molecule has 0 spiro atoms. The van der Waals surface area contributed by atoms with Gasteiger partial charge in [0.15, 0.2) is 6.10 Å². The first-order chi connectivity index (χ1) is 32.0. The molecule has 6 heteroatoms. The third kappa shape index (κ3) is 50.9. The Hall–Kier alpha value is -3.93. The number of carbonyl (C=O) groups excluding carboxylic acids is 3. The van der Waals surface area contributed by atoms with E-state index in [2.05, 4.69) is 130 Å². The molecule has 0 N–H and O–H groups in total. The quantitative estimate of drug-likeness (QED) is 0.0262. The van der Waals surface area contributed by atoms with Gasteiger partial charge in [0.2, 0.25) is 0 Å². The average molecular weight is 901 g/mol. The Morgan fingerprint density at radius 1 is 0.323 bits per heavy atom. The van der Waals surface area contributed by atoms with Crippen LogP contribution in [0.25, 0.3) is 0 Å². The molecule has 0 aromatic rings. The van der Waals surface area contributed by atoms with Gasteiger partial charge in [-0.3, -0.25) is 14.4 Å². The topological polar surface area (TPSA) is 78.9 Å².